The molecule has 0 aliphatic carbocycles. The number of aromatic nitrogens is 2. The average Bonchev–Trinajstić information content (AvgIpc) is 2.66. The van der Waals surface area contributed by atoms with Crippen LogP contribution in [0.4, 0.5) is 5.69 Å². The van der Waals surface area contributed by atoms with Gasteiger partial charge in [0.1, 0.15) is 0 Å². The van der Waals surface area contributed by atoms with Crippen molar-refractivity contribution in [3.8, 4) is 0 Å². The lowest BCUT2D eigenvalue weighted by molar-refractivity contribution is -0.114. The lowest BCUT2D eigenvalue weighted by Crippen LogP contribution is -2.29. The Bertz CT molecular complexity index is 718. The maximum atomic E-state index is 12.0. The third-order valence-electron chi connectivity index (χ3n) is 2.94. The molecule has 0 radical (unpaired) electrons. The molecule has 0 saturated heterocycles. The second-order valence-corrected chi connectivity index (χ2v) is 5.53. The fourth-order valence-corrected chi connectivity index (χ4v) is 2.46. The van der Waals surface area contributed by atoms with E-state index in [0.717, 1.165) is 4.47 Å². The van der Waals surface area contributed by atoms with Crippen LogP contribution in [0.1, 0.15) is 16.1 Å². The zero-order chi connectivity index (χ0) is 14.3. The SMILES string of the molecule is O=C1C(=O)N(Cc2ccc(Cl)nn2)c2cc(Br)ccc21. The third kappa shape index (κ3) is 2.21. The Hall–Kier alpha value is -1.79. The topological polar surface area (TPSA) is 63.2 Å². The molecule has 0 spiro atoms. The highest BCUT2D eigenvalue weighted by Crippen LogP contribution is 2.32. The molecule has 2 aromatic rings. The van der Waals surface area contributed by atoms with E-state index in [-0.39, 0.29) is 11.7 Å². The van der Waals surface area contributed by atoms with E-state index in [1.807, 2.05) is 0 Å². The molecule has 3 rings (SSSR count). The molecule has 0 fully saturated rings. The fourth-order valence-electron chi connectivity index (χ4n) is 2.01. The number of rotatable bonds is 2. The van der Waals surface area contributed by atoms with Crippen LogP contribution in [0, 0.1) is 0 Å². The molecule has 0 saturated carbocycles. The summed E-state index contributed by atoms with van der Waals surface area (Å²) in [5, 5.41) is 7.90. The normalized spacial score (nSPS) is 13.8. The molecule has 100 valence electrons. The Morgan fingerprint density at radius 1 is 1.15 bits per heavy atom. The summed E-state index contributed by atoms with van der Waals surface area (Å²) in [4.78, 5) is 25.3. The molecule has 0 unspecified atom stereocenters. The average molecular weight is 353 g/mol. The van der Waals surface area contributed by atoms with Crippen molar-refractivity contribution >= 4 is 44.9 Å². The number of hydrogen-bond acceptors (Lipinski definition) is 4. The molecule has 1 amide bonds. The number of ketones is 1. The number of halogens is 2. The fraction of sp³-hybridized carbons (Fsp3) is 0.0769. The van der Waals surface area contributed by atoms with Crippen molar-refractivity contribution in [1.29, 1.82) is 0 Å². The van der Waals surface area contributed by atoms with E-state index in [1.54, 1.807) is 30.3 Å². The number of carbonyl (C=O) groups is 2. The largest absolute Gasteiger partial charge is 0.299 e. The second kappa shape index (κ2) is 4.96. The Balaban J connectivity index is 1.98. The van der Waals surface area contributed by atoms with E-state index in [2.05, 4.69) is 26.1 Å². The first-order valence-corrected chi connectivity index (χ1v) is 6.87. The minimum Gasteiger partial charge on any atom is -0.299 e. The highest BCUT2D eigenvalue weighted by Gasteiger charge is 2.36. The first-order valence-electron chi connectivity index (χ1n) is 5.70. The zero-order valence-electron chi connectivity index (χ0n) is 10.0. The van der Waals surface area contributed by atoms with Crippen molar-refractivity contribution in [3.05, 3.63) is 51.2 Å². The van der Waals surface area contributed by atoms with Gasteiger partial charge in [0.15, 0.2) is 5.15 Å². The molecule has 0 bridgehead atoms. The summed E-state index contributed by atoms with van der Waals surface area (Å²) < 4.78 is 0.797. The first kappa shape index (κ1) is 13.2. The van der Waals surface area contributed by atoms with Crippen LogP contribution in [-0.2, 0) is 11.3 Å². The van der Waals surface area contributed by atoms with Crippen LogP contribution in [0.25, 0.3) is 0 Å². The zero-order valence-corrected chi connectivity index (χ0v) is 12.3. The van der Waals surface area contributed by atoms with E-state index in [1.165, 1.54) is 4.90 Å². The summed E-state index contributed by atoms with van der Waals surface area (Å²) in [6.45, 7) is 0.179. The maximum absolute atomic E-state index is 12.0. The monoisotopic (exact) mass is 351 g/mol. The Labute approximate surface area is 127 Å². The molecular weight excluding hydrogens is 346 g/mol. The van der Waals surface area contributed by atoms with Crippen molar-refractivity contribution < 1.29 is 9.59 Å². The van der Waals surface area contributed by atoms with Gasteiger partial charge in [-0.15, -0.1) is 5.10 Å². The van der Waals surface area contributed by atoms with Gasteiger partial charge < -0.3 is 0 Å². The summed E-state index contributed by atoms with van der Waals surface area (Å²) in [5.74, 6) is -1.07. The number of amides is 1. The molecule has 1 aliphatic rings. The smallest absolute Gasteiger partial charge is 0.299 e. The number of fused-ring (bicyclic) bond motifs is 1. The summed E-state index contributed by atoms with van der Waals surface area (Å²) in [5.41, 5.74) is 1.54. The van der Waals surface area contributed by atoms with E-state index in [9.17, 15) is 9.59 Å². The van der Waals surface area contributed by atoms with E-state index in [4.69, 9.17) is 11.6 Å². The first-order chi connectivity index (χ1) is 9.56. The van der Waals surface area contributed by atoms with Gasteiger partial charge in [0.25, 0.3) is 11.7 Å². The summed E-state index contributed by atoms with van der Waals surface area (Å²) in [6, 6.07) is 8.36. The van der Waals surface area contributed by atoms with E-state index < -0.39 is 11.7 Å². The minimum atomic E-state index is -0.560. The van der Waals surface area contributed by atoms with Crippen molar-refractivity contribution in [2.45, 2.75) is 6.54 Å². The van der Waals surface area contributed by atoms with Crippen LogP contribution in [0.3, 0.4) is 0 Å². The molecular formula is C13H7BrClN3O2. The molecule has 0 N–H and O–H groups in total. The Kier molecular flexibility index (Phi) is 3.27. The lowest BCUT2D eigenvalue weighted by atomic mass is 10.1. The van der Waals surface area contributed by atoms with Gasteiger partial charge in [0.05, 0.1) is 23.5 Å². The maximum Gasteiger partial charge on any atom is 0.299 e. The summed E-state index contributed by atoms with van der Waals surface area (Å²) >= 11 is 9.00. The van der Waals surface area contributed by atoms with Crippen LogP contribution >= 0.6 is 27.5 Å². The highest BCUT2D eigenvalue weighted by molar-refractivity contribution is 9.10. The molecule has 20 heavy (non-hydrogen) atoms. The predicted octanol–water partition coefficient (Wildman–Crippen LogP) is 2.62. The van der Waals surface area contributed by atoms with Gasteiger partial charge in [-0.1, -0.05) is 27.5 Å². The molecule has 7 heteroatoms. The van der Waals surface area contributed by atoms with Crippen molar-refractivity contribution in [2.75, 3.05) is 4.90 Å². The second-order valence-electron chi connectivity index (χ2n) is 4.23. The standard InChI is InChI=1S/C13H7BrClN3O2/c14-7-1-3-9-10(5-7)18(13(20)12(9)19)6-8-2-4-11(15)17-16-8/h1-5H,6H2. The van der Waals surface area contributed by atoms with Crippen LogP contribution < -0.4 is 4.90 Å². The van der Waals surface area contributed by atoms with Crippen LogP contribution in [-0.4, -0.2) is 21.9 Å². The summed E-state index contributed by atoms with van der Waals surface area (Å²) in [6.07, 6.45) is 0. The van der Waals surface area contributed by atoms with E-state index in [0.29, 0.717) is 16.9 Å². The molecule has 1 aromatic carbocycles. The number of carbonyl (C=O) groups excluding carboxylic acids is 2. The van der Waals surface area contributed by atoms with Crippen molar-refractivity contribution in [1.82, 2.24) is 10.2 Å². The minimum absolute atomic E-state index is 0.179. The molecule has 2 heterocycles. The quantitative estimate of drug-likeness (QED) is 0.780. The van der Waals surface area contributed by atoms with Gasteiger partial charge in [0.2, 0.25) is 0 Å². The van der Waals surface area contributed by atoms with Crippen LogP contribution in [0.15, 0.2) is 34.8 Å². The van der Waals surface area contributed by atoms with Crippen molar-refractivity contribution in [2.24, 2.45) is 0 Å². The van der Waals surface area contributed by atoms with Crippen molar-refractivity contribution in [3.63, 3.8) is 0 Å². The van der Waals surface area contributed by atoms with Gasteiger partial charge in [0, 0.05) is 4.47 Å². The third-order valence-corrected chi connectivity index (χ3v) is 3.64. The number of hydrogen-bond donors (Lipinski definition) is 0. The lowest BCUT2D eigenvalue weighted by Gasteiger charge is -2.15. The molecule has 0 atom stereocenters. The van der Waals surface area contributed by atoms with Gasteiger partial charge in [-0.25, -0.2) is 0 Å². The van der Waals surface area contributed by atoms with Gasteiger partial charge in [-0.05, 0) is 30.3 Å². The predicted molar refractivity (Wildman–Crippen MR) is 76.7 cm³/mol. The van der Waals surface area contributed by atoms with E-state index >= 15 is 0 Å². The molecule has 5 nitrogen and oxygen atoms in total. The number of benzene rings is 1. The Morgan fingerprint density at radius 3 is 2.65 bits per heavy atom. The van der Waals surface area contributed by atoms with Gasteiger partial charge in [-0.3, -0.25) is 14.5 Å². The van der Waals surface area contributed by atoms with Crippen LogP contribution in [0.5, 0.6) is 0 Å². The highest BCUT2D eigenvalue weighted by atomic mass is 79.9. The summed E-state index contributed by atoms with van der Waals surface area (Å²) in [7, 11) is 0. The molecule has 1 aromatic heterocycles. The van der Waals surface area contributed by atoms with Crippen LogP contribution in [0.2, 0.25) is 5.15 Å². The number of nitrogens with zero attached hydrogens (tertiary/aromatic N) is 3. The number of Topliss-reactive ketones (excluding diaryl/α,β-unsaturated/α-hetero) is 1. The van der Waals surface area contributed by atoms with Gasteiger partial charge >= 0.3 is 0 Å². The number of anilines is 1. The Morgan fingerprint density at radius 2 is 1.95 bits per heavy atom. The van der Waals surface area contributed by atoms with Gasteiger partial charge in [-0.2, -0.15) is 5.10 Å². The molecule has 1 aliphatic heterocycles.